The van der Waals surface area contributed by atoms with Crippen molar-refractivity contribution in [3.05, 3.63) is 53.7 Å². The van der Waals surface area contributed by atoms with Crippen molar-refractivity contribution < 1.29 is 9.59 Å². The van der Waals surface area contributed by atoms with Gasteiger partial charge in [-0.1, -0.05) is 30.3 Å². The first-order chi connectivity index (χ1) is 16.2. The molecule has 1 aromatic carbocycles. The maximum absolute atomic E-state index is 13.3. The second-order valence-electron chi connectivity index (χ2n) is 9.52. The molecule has 7 heteroatoms. The van der Waals surface area contributed by atoms with Crippen molar-refractivity contribution in [2.45, 2.75) is 32.1 Å². The lowest BCUT2D eigenvalue weighted by Gasteiger charge is -2.33. The van der Waals surface area contributed by atoms with Crippen LogP contribution in [0.2, 0.25) is 0 Å². The van der Waals surface area contributed by atoms with Crippen molar-refractivity contribution in [1.82, 2.24) is 15.2 Å². The average molecular weight is 448 g/mol. The minimum absolute atomic E-state index is 0.00874. The van der Waals surface area contributed by atoms with Gasteiger partial charge in [0.1, 0.15) is 0 Å². The second kappa shape index (κ2) is 9.91. The molecule has 2 aromatic rings. The van der Waals surface area contributed by atoms with Crippen LogP contribution in [0, 0.1) is 11.8 Å². The average Bonchev–Trinajstić information content (AvgIpc) is 3.71. The standard InChI is InChI=1S/C26H33N5O2/c32-25(21-6-7-21)29-23-17-22(18-28-24(23)30-14-10-27-11-15-30)26(33)31-12-8-20(9-13-31)16-19-4-2-1-3-5-19/h1-5,17-18,20-21,27H,6-16H2,(H,29,32). The van der Waals surface area contributed by atoms with Crippen LogP contribution in [0.25, 0.3) is 0 Å². The summed E-state index contributed by atoms with van der Waals surface area (Å²) in [5.41, 5.74) is 2.59. The summed E-state index contributed by atoms with van der Waals surface area (Å²) in [6.45, 7) is 4.97. The van der Waals surface area contributed by atoms with Crippen LogP contribution in [-0.2, 0) is 11.2 Å². The molecule has 0 spiro atoms. The molecular formula is C26H33N5O2. The summed E-state index contributed by atoms with van der Waals surface area (Å²) in [6, 6.07) is 12.4. The molecule has 33 heavy (non-hydrogen) atoms. The molecule has 1 saturated carbocycles. The van der Waals surface area contributed by atoms with E-state index in [0.29, 0.717) is 17.2 Å². The smallest absolute Gasteiger partial charge is 0.255 e. The van der Waals surface area contributed by atoms with Crippen molar-refractivity contribution in [2.24, 2.45) is 11.8 Å². The first-order valence-corrected chi connectivity index (χ1v) is 12.3. The number of aromatic nitrogens is 1. The van der Waals surface area contributed by atoms with Gasteiger partial charge in [0.2, 0.25) is 5.91 Å². The molecule has 0 radical (unpaired) electrons. The van der Waals surface area contributed by atoms with Gasteiger partial charge in [-0.25, -0.2) is 4.98 Å². The van der Waals surface area contributed by atoms with E-state index in [2.05, 4.69) is 44.8 Å². The Morgan fingerprint density at radius 3 is 2.42 bits per heavy atom. The number of hydrogen-bond acceptors (Lipinski definition) is 5. The second-order valence-corrected chi connectivity index (χ2v) is 9.52. The molecule has 174 valence electrons. The fourth-order valence-corrected chi connectivity index (χ4v) is 4.85. The number of piperazine rings is 1. The van der Waals surface area contributed by atoms with Crippen LogP contribution in [0.1, 0.15) is 41.6 Å². The monoisotopic (exact) mass is 447 g/mol. The van der Waals surface area contributed by atoms with Crippen LogP contribution >= 0.6 is 0 Å². The third kappa shape index (κ3) is 5.36. The van der Waals surface area contributed by atoms with E-state index >= 15 is 0 Å². The molecule has 2 N–H and O–H groups in total. The minimum Gasteiger partial charge on any atom is -0.352 e. The highest BCUT2D eigenvalue weighted by atomic mass is 16.2. The van der Waals surface area contributed by atoms with Gasteiger partial charge in [0.25, 0.3) is 5.91 Å². The van der Waals surface area contributed by atoms with Gasteiger partial charge >= 0.3 is 0 Å². The number of amides is 2. The molecule has 2 aliphatic heterocycles. The summed E-state index contributed by atoms with van der Waals surface area (Å²) in [7, 11) is 0. The van der Waals surface area contributed by atoms with Crippen molar-refractivity contribution in [1.29, 1.82) is 0 Å². The van der Waals surface area contributed by atoms with E-state index in [9.17, 15) is 9.59 Å². The van der Waals surface area contributed by atoms with Crippen molar-refractivity contribution in [3.63, 3.8) is 0 Å². The predicted molar refractivity (Wildman–Crippen MR) is 129 cm³/mol. The summed E-state index contributed by atoms with van der Waals surface area (Å²) in [4.78, 5) is 34.6. The van der Waals surface area contributed by atoms with Crippen LogP contribution in [0.4, 0.5) is 11.5 Å². The summed E-state index contributed by atoms with van der Waals surface area (Å²) >= 11 is 0. The first kappa shape index (κ1) is 21.9. The SMILES string of the molecule is O=C(Nc1cc(C(=O)N2CCC(Cc3ccccc3)CC2)cnc1N1CCNCC1)C1CC1. The molecular weight excluding hydrogens is 414 g/mol. The van der Waals surface area contributed by atoms with E-state index in [1.807, 2.05) is 17.0 Å². The molecule has 2 saturated heterocycles. The topological polar surface area (TPSA) is 77.6 Å². The number of benzene rings is 1. The van der Waals surface area contributed by atoms with Gasteiger partial charge in [-0.3, -0.25) is 9.59 Å². The Labute approximate surface area is 195 Å². The molecule has 0 atom stereocenters. The van der Waals surface area contributed by atoms with Crippen LogP contribution in [0.5, 0.6) is 0 Å². The number of anilines is 2. The third-order valence-corrected chi connectivity index (χ3v) is 7.01. The Morgan fingerprint density at radius 1 is 1.00 bits per heavy atom. The molecule has 5 rings (SSSR count). The van der Waals surface area contributed by atoms with Gasteiger partial charge in [-0.15, -0.1) is 0 Å². The lowest BCUT2D eigenvalue weighted by Crippen LogP contribution is -2.44. The molecule has 1 aliphatic carbocycles. The number of carbonyl (C=O) groups is 2. The first-order valence-electron chi connectivity index (χ1n) is 12.3. The normalized spacial score (nSPS) is 19.4. The minimum atomic E-state index is 0.00874. The maximum Gasteiger partial charge on any atom is 0.255 e. The highest BCUT2D eigenvalue weighted by Gasteiger charge is 2.31. The van der Waals surface area contributed by atoms with Gasteiger partial charge in [-0.05, 0) is 49.7 Å². The van der Waals surface area contributed by atoms with Gasteiger partial charge < -0.3 is 20.4 Å². The fraction of sp³-hybridized carbons (Fsp3) is 0.500. The summed E-state index contributed by atoms with van der Waals surface area (Å²) < 4.78 is 0. The van der Waals surface area contributed by atoms with Crippen LogP contribution in [-0.4, -0.2) is 61.0 Å². The fourth-order valence-electron chi connectivity index (χ4n) is 4.85. The number of hydrogen-bond donors (Lipinski definition) is 2. The number of carbonyl (C=O) groups excluding carboxylic acids is 2. The quantitative estimate of drug-likeness (QED) is 0.712. The Bertz CT molecular complexity index is 977. The van der Waals surface area contributed by atoms with E-state index < -0.39 is 0 Å². The Morgan fingerprint density at radius 2 is 1.73 bits per heavy atom. The van der Waals surface area contributed by atoms with E-state index in [1.165, 1.54) is 5.56 Å². The predicted octanol–water partition coefficient (Wildman–Crippen LogP) is 2.93. The van der Waals surface area contributed by atoms with Gasteiger partial charge in [0.05, 0.1) is 11.3 Å². The number of nitrogens with one attached hydrogen (secondary N) is 2. The van der Waals surface area contributed by atoms with E-state index in [0.717, 1.165) is 77.2 Å². The van der Waals surface area contributed by atoms with E-state index in [-0.39, 0.29) is 17.7 Å². The zero-order valence-corrected chi connectivity index (χ0v) is 19.1. The molecule has 3 aliphatic rings. The van der Waals surface area contributed by atoms with Crippen molar-refractivity contribution in [2.75, 3.05) is 49.5 Å². The van der Waals surface area contributed by atoms with Crippen LogP contribution in [0.3, 0.4) is 0 Å². The van der Waals surface area contributed by atoms with E-state index in [4.69, 9.17) is 0 Å². The van der Waals surface area contributed by atoms with Crippen LogP contribution in [0.15, 0.2) is 42.6 Å². The number of pyridine rings is 1. The molecule has 3 heterocycles. The Kier molecular flexibility index (Phi) is 6.58. The number of likely N-dealkylation sites (tertiary alicyclic amines) is 1. The molecule has 1 aromatic heterocycles. The van der Waals surface area contributed by atoms with Gasteiger partial charge in [-0.2, -0.15) is 0 Å². The maximum atomic E-state index is 13.3. The Balaban J connectivity index is 1.27. The summed E-state index contributed by atoms with van der Waals surface area (Å²) in [5, 5.41) is 6.41. The Hall–Kier alpha value is -2.93. The molecule has 7 nitrogen and oxygen atoms in total. The van der Waals surface area contributed by atoms with Gasteiger partial charge in [0, 0.05) is 51.4 Å². The molecule has 0 bridgehead atoms. The zero-order valence-electron chi connectivity index (χ0n) is 19.1. The number of rotatable bonds is 6. The lowest BCUT2D eigenvalue weighted by atomic mass is 9.90. The highest BCUT2D eigenvalue weighted by molar-refractivity contribution is 6.00. The molecule has 0 unspecified atom stereocenters. The molecule has 3 fully saturated rings. The number of piperidine rings is 1. The van der Waals surface area contributed by atoms with Crippen molar-refractivity contribution >= 4 is 23.3 Å². The number of nitrogens with zero attached hydrogens (tertiary/aromatic N) is 3. The third-order valence-electron chi connectivity index (χ3n) is 7.01. The van der Waals surface area contributed by atoms with Crippen LogP contribution < -0.4 is 15.5 Å². The highest BCUT2D eigenvalue weighted by Crippen LogP contribution is 2.33. The van der Waals surface area contributed by atoms with Gasteiger partial charge in [0.15, 0.2) is 5.82 Å². The zero-order chi connectivity index (χ0) is 22.6. The molecule has 2 amide bonds. The van der Waals surface area contributed by atoms with Crippen molar-refractivity contribution in [3.8, 4) is 0 Å². The summed E-state index contributed by atoms with van der Waals surface area (Å²) in [6.07, 6.45) is 6.66. The largest absolute Gasteiger partial charge is 0.352 e. The summed E-state index contributed by atoms with van der Waals surface area (Å²) in [5.74, 6) is 1.53. The lowest BCUT2D eigenvalue weighted by molar-refractivity contribution is -0.117. The van der Waals surface area contributed by atoms with E-state index in [1.54, 1.807) is 6.20 Å².